The van der Waals surface area contributed by atoms with Gasteiger partial charge in [-0.05, 0) is 55.0 Å². The van der Waals surface area contributed by atoms with Crippen LogP contribution in [0.2, 0.25) is 0 Å². The van der Waals surface area contributed by atoms with Gasteiger partial charge < -0.3 is 28.6 Å². The molecule has 196 valence electrons. The molecule has 1 aliphatic heterocycles. The van der Waals surface area contributed by atoms with Crippen molar-refractivity contribution in [2.24, 2.45) is 5.92 Å². The summed E-state index contributed by atoms with van der Waals surface area (Å²) >= 11 is 0. The number of piperidine rings is 1. The maximum Gasteiger partial charge on any atom is 0.415 e. The Labute approximate surface area is 220 Å². The molecule has 0 aliphatic carbocycles. The van der Waals surface area contributed by atoms with Gasteiger partial charge in [-0.15, -0.1) is 0 Å². The van der Waals surface area contributed by atoms with Crippen LogP contribution < -0.4 is 19.6 Å². The number of aromatic hydroxyl groups is 1. The van der Waals surface area contributed by atoms with Crippen LogP contribution in [0.5, 0.6) is 23.0 Å². The van der Waals surface area contributed by atoms with Crippen molar-refractivity contribution >= 4 is 17.1 Å². The molecule has 0 bridgehead atoms. The van der Waals surface area contributed by atoms with Gasteiger partial charge in [0.25, 0.3) is 0 Å². The minimum absolute atomic E-state index is 0.0617. The lowest BCUT2D eigenvalue weighted by molar-refractivity contribution is 0.131. The van der Waals surface area contributed by atoms with Crippen molar-refractivity contribution in [3.63, 3.8) is 0 Å². The zero-order valence-electron chi connectivity index (χ0n) is 21.3. The standard InChI is InChI=1S/C30H29NO7/c1-35-28-24(33)18-26-27(29(28)36-2)23(32)17-25(38-26)21-8-10-22(11-9-21)37-30(34)31-14-12-20(13-15-31)16-19-6-4-3-5-7-19/h3-11,17-18,20,33H,12-16H2,1-2H3. The minimum Gasteiger partial charge on any atom is -0.504 e. The second kappa shape index (κ2) is 10.9. The Morgan fingerprint density at radius 1 is 0.974 bits per heavy atom. The van der Waals surface area contributed by atoms with E-state index >= 15 is 0 Å². The van der Waals surface area contributed by atoms with Crippen LogP contribution in [0.3, 0.4) is 0 Å². The SMILES string of the molecule is COc1c(O)cc2oc(-c3ccc(OC(=O)N4CCC(Cc5ccccc5)CC4)cc3)cc(=O)c2c1OC. The number of amides is 1. The first-order valence-corrected chi connectivity index (χ1v) is 12.5. The van der Waals surface area contributed by atoms with Crippen LogP contribution in [0, 0.1) is 5.92 Å². The number of likely N-dealkylation sites (tertiary alicyclic amines) is 1. The molecule has 1 saturated heterocycles. The predicted octanol–water partition coefficient (Wildman–Crippen LogP) is 5.64. The predicted molar refractivity (Wildman–Crippen MR) is 143 cm³/mol. The van der Waals surface area contributed by atoms with Crippen molar-refractivity contribution in [3.05, 3.63) is 82.5 Å². The van der Waals surface area contributed by atoms with Crippen LogP contribution >= 0.6 is 0 Å². The summed E-state index contributed by atoms with van der Waals surface area (Å²) in [4.78, 5) is 27.4. The molecule has 0 unspecified atom stereocenters. The molecule has 0 radical (unpaired) electrons. The maximum absolute atomic E-state index is 12.9. The van der Waals surface area contributed by atoms with Crippen LogP contribution in [0.15, 0.2) is 75.9 Å². The fourth-order valence-corrected chi connectivity index (χ4v) is 4.91. The fourth-order valence-electron chi connectivity index (χ4n) is 4.91. The number of nitrogens with zero attached hydrogens (tertiary/aromatic N) is 1. The molecule has 2 heterocycles. The molecule has 1 N–H and O–H groups in total. The molecule has 1 amide bonds. The van der Waals surface area contributed by atoms with Gasteiger partial charge >= 0.3 is 6.09 Å². The molecule has 5 rings (SSSR count). The highest BCUT2D eigenvalue weighted by Gasteiger charge is 2.24. The van der Waals surface area contributed by atoms with E-state index in [0.29, 0.717) is 36.1 Å². The van der Waals surface area contributed by atoms with E-state index in [4.69, 9.17) is 18.6 Å². The van der Waals surface area contributed by atoms with Gasteiger partial charge in [-0.1, -0.05) is 30.3 Å². The van der Waals surface area contributed by atoms with Crippen molar-refractivity contribution in [3.8, 4) is 34.3 Å². The molecule has 3 aromatic carbocycles. The first-order chi connectivity index (χ1) is 18.5. The number of phenols is 1. The van der Waals surface area contributed by atoms with Gasteiger partial charge in [-0.3, -0.25) is 4.79 Å². The Morgan fingerprint density at radius 3 is 2.32 bits per heavy atom. The molecule has 0 spiro atoms. The maximum atomic E-state index is 12.9. The van der Waals surface area contributed by atoms with E-state index in [1.54, 1.807) is 29.2 Å². The number of rotatable bonds is 6. The Balaban J connectivity index is 1.25. The zero-order valence-corrected chi connectivity index (χ0v) is 21.3. The third-order valence-corrected chi connectivity index (χ3v) is 6.90. The Bertz CT molecular complexity index is 1490. The third-order valence-electron chi connectivity index (χ3n) is 6.90. The van der Waals surface area contributed by atoms with Crippen molar-refractivity contribution in [1.82, 2.24) is 4.90 Å². The van der Waals surface area contributed by atoms with E-state index < -0.39 is 0 Å². The van der Waals surface area contributed by atoms with Crippen LogP contribution in [0.1, 0.15) is 18.4 Å². The highest BCUT2D eigenvalue weighted by atomic mass is 16.6. The number of carbonyl (C=O) groups excluding carboxylic acids is 1. The number of benzene rings is 3. The first kappa shape index (κ1) is 25.2. The number of phenolic OH excluding ortho intramolecular Hbond substituents is 1. The molecule has 1 aromatic heterocycles. The topological polar surface area (TPSA) is 98.4 Å². The molecule has 0 atom stereocenters. The van der Waals surface area contributed by atoms with E-state index in [1.807, 2.05) is 6.07 Å². The number of methoxy groups -OCH3 is 2. The second-order valence-electron chi connectivity index (χ2n) is 9.32. The molecular weight excluding hydrogens is 486 g/mol. The Hall–Kier alpha value is -4.46. The fraction of sp³-hybridized carbons (Fsp3) is 0.267. The molecular formula is C30H29NO7. The number of fused-ring (bicyclic) bond motifs is 1. The summed E-state index contributed by atoms with van der Waals surface area (Å²) in [7, 11) is 2.76. The van der Waals surface area contributed by atoms with E-state index in [9.17, 15) is 14.7 Å². The quantitative estimate of drug-likeness (QED) is 0.355. The molecule has 38 heavy (non-hydrogen) atoms. The lowest BCUT2D eigenvalue weighted by Gasteiger charge is -2.31. The van der Waals surface area contributed by atoms with E-state index in [2.05, 4.69) is 24.3 Å². The van der Waals surface area contributed by atoms with Crippen molar-refractivity contribution in [2.75, 3.05) is 27.3 Å². The van der Waals surface area contributed by atoms with E-state index in [0.717, 1.165) is 19.3 Å². The summed E-state index contributed by atoms with van der Waals surface area (Å²) < 4.78 is 22.0. The average molecular weight is 516 g/mol. The second-order valence-corrected chi connectivity index (χ2v) is 9.32. The highest BCUT2D eigenvalue weighted by molar-refractivity contribution is 5.90. The molecule has 8 heteroatoms. The molecule has 8 nitrogen and oxygen atoms in total. The van der Waals surface area contributed by atoms with Crippen LogP contribution in [0.25, 0.3) is 22.3 Å². The van der Waals surface area contributed by atoms with Gasteiger partial charge in [0.1, 0.15) is 22.5 Å². The first-order valence-electron chi connectivity index (χ1n) is 12.5. The van der Waals surface area contributed by atoms with Gasteiger partial charge in [0.2, 0.25) is 5.75 Å². The zero-order chi connectivity index (χ0) is 26.6. The lowest BCUT2D eigenvalue weighted by atomic mass is 9.90. The molecule has 1 fully saturated rings. The van der Waals surface area contributed by atoms with Crippen molar-refractivity contribution < 1.29 is 28.5 Å². The summed E-state index contributed by atoms with van der Waals surface area (Å²) in [6.45, 7) is 1.33. The number of hydrogen-bond acceptors (Lipinski definition) is 7. The number of carbonyl (C=O) groups is 1. The van der Waals surface area contributed by atoms with Gasteiger partial charge in [0, 0.05) is 30.8 Å². The van der Waals surface area contributed by atoms with E-state index in [1.165, 1.54) is 31.9 Å². The number of ether oxygens (including phenoxy) is 3. The van der Waals surface area contributed by atoms with E-state index in [-0.39, 0.29) is 39.7 Å². The summed E-state index contributed by atoms with van der Waals surface area (Å²) in [6, 6.07) is 19.8. The summed E-state index contributed by atoms with van der Waals surface area (Å²) in [5.41, 5.74) is 1.75. The minimum atomic E-state index is -0.371. The summed E-state index contributed by atoms with van der Waals surface area (Å²) in [6.07, 6.45) is 2.53. The average Bonchev–Trinajstić information content (AvgIpc) is 2.93. The molecule has 4 aromatic rings. The van der Waals surface area contributed by atoms with Crippen molar-refractivity contribution in [1.29, 1.82) is 0 Å². The largest absolute Gasteiger partial charge is 0.504 e. The Morgan fingerprint density at radius 2 is 1.66 bits per heavy atom. The van der Waals surface area contributed by atoms with Gasteiger partial charge in [0.05, 0.1) is 14.2 Å². The summed E-state index contributed by atoms with van der Waals surface area (Å²) in [5.74, 6) is 1.22. The lowest BCUT2D eigenvalue weighted by Crippen LogP contribution is -2.40. The monoisotopic (exact) mass is 515 g/mol. The van der Waals surface area contributed by atoms with Crippen LogP contribution in [-0.4, -0.2) is 43.4 Å². The van der Waals surface area contributed by atoms with Gasteiger partial charge in [-0.25, -0.2) is 4.79 Å². The Kier molecular flexibility index (Phi) is 7.22. The molecule has 1 aliphatic rings. The van der Waals surface area contributed by atoms with Gasteiger partial charge in [0.15, 0.2) is 16.9 Å². The summed E-state index contributed by atoms with van der Waals surface area (Å²) in [5, 5.41) is 10.4. The smallest absolute Gasteiger partial charge is 0.415 e. The number of hydrogen-bond donors (Lipinski definition) is 1. The third kappa shape index (κ3) is 5.16. The van der Waals surface area contributed by atoms with Crippen LogP contribution in [0.4, 0.5) is 4.79 Å². The van der Waals surface area contributed by atoms with Crippen LogP contribution in [-0.2, 0) is 6.42 Å². The van der Waals surface area contributed by atoms with Crippen molar-refractivity contribution in [2.45, 2.75) is 19.3 Å². The molecule has 0 saturated carbocycles. The normalized spacial score (nSPS) is 13.9. The highest BCUT2D eigenvalue weighted by Crippen LogP contribution is 2.42. The van der Waals surface area contributed by atoms with Gasteiger partial charge in [-0.2, -0.15) is 0 Å².